The van der Waals surface area contributed by atoms with Crippen molar-refractivity contribution in [3.05, 3.63) is 70.5 Å². The van der Waals surface area contributed by atoms with Crippen molar-refractivity contribution in [3.8, 4) is 0 Å². The lowest BCUT2D eigenvalue weighted by Crippen LogP contribution is -2.37. The molecule has 0 fully saturated rings. The first kappa shape index (κ1) is 13.2. The molecule has 0 aliphatic heterocycles. The van der Waals surface area contributed by atoms with Gasteiger partial charge in [-0.25, -0.2) is 13.2 Å². The summed E-state index contributed by atoms with van der Waals surface area (Å²) in [6.07, 6.45) is 1.46. The monoisotopic (exact) mass is 277 g/mol. The van der Waals surface area contributed by atoms with E-state index >= 15 is 0 Å². The molecule has 0 saturated carbocycles. The van der Waals surface area contributed by atoms with Crippen molar-refractivity contribution < 1.29 is 13.2 Å². The summed E-state index contributed by atoms with van der Waals surface area (Å²) in [5.74, 6) is -2.03. The van der Waals surface area contributed by atoms with E-state index in [2.05, 4.69) is 0 Å². The molecule has 0 spiro atoms. The second-order valence-corrected chi connectivity index (χ2v) is 5.35. The summed E-state index contributed by atoms with van der Waals surface area (Å²) in [6.45, 7) is 0. The highest BCUT2D eigenvalue weighted by Gasteiger charge is 2.36. The second kappa shape index (κ2) is 4.63. The van der Waals surface area contributed by atoms with E-state index in [1.807, 2.05) is 0 Å². The summed E-state index contributed by atoms with van der Waals surface area (Å²) in [7, 11) is 0. The second-order valence-electron chi connectivity index (χ2n) is 5.35. The summed E-state index contributed by atoms with van der Waals surface area (Å²) < 4.78 is 40.2. The first-order chi connectivity index (χ1) is 9.49. The van der Waals surface area contributed by atoms with E-state index < -0.39 is 17.2 Å². The molecule has 0 aromatic heterocycles. The lowest BCUT2D eigenvalue weighted by Gasteiger charge is -2.26. The normalized spacial score (nSPS) is 21.0. The van der Waals surface area contributed by atoms with Crippen LogP contribution in [-0.2, 0) is 18.4 Å². The number of halogens is 3. The van der Waals surface area contributed by atoms with Gasteiger partial charge in [0.1, 0.15) is 5.82 Å². The molecule has 0 heterocycles. The van der Waals surface area contributed by atoms with E-state index in [1.54, 1.807) is 6.07 Å². The van der Waals surface area contributed by atoms with Gasteiger partial charge >= 0.3 is 0 Å². The van der Waals surface area contributed by atoms with Gasteiger partial charge in [0, 0.05) is 5.54 Å². The minimum absolute atomic E-state index is 0.204. The molecule has 0 amide bonds. The third kappa shape index (κ3) is 2.10. The summed E-state index contributed by atoms with van der Waals surface area (Å²) in [5, 5.41) is 0. The predicted octanol–water partition coefficient (Wildman–Crippen LogP) is 3.45. The van der Waals surface area contributed by atoms with Crippen molar-refractivity contribution in [1.29, 1.82) is 0 Å². The molecular weight excluding hydrogens is 263 g/mol. The van der Waals surface area contributed by atoms with E-state index in [0.717, 1.165) is 17.2 Å². The number of nitrogens with two attached hydrogens (primary N) is 1. The number of hydrogen-bond acceptors (Lipinski definition) is 1. The topological polar surface area (TPSA) is 26.0 Å². The fourth-order valence-electron chi connectivity index (χ4n) is 2.96. The van der Waals surface area contributed by atoms with Gasteiger partial charge in [-0.3, -0.25) is 0 Å². The number of aryl methyl sites for hydroxylation is 1. The smallest absolute Gasteiger partial charge is 0.162 e. The minimum Gasteiger partial charge on any atom is -0.321 e. The molecule has 0 radical (unpaired) electrons. The summed E-state index contributed by atoms with van der Waals surface area (Å²) >= 11 is 0. The largest absolute Gasteiger partial charge is 0.321 e. The fraction of sp³-hybridized carbons (Fsp3) is 0.250. The SMILES string of the molecule is NC1(Cc2cccc(F)c2F)CCc2cc(F)ccc21. The maximum absolute atomic E-state index is 13.8. The summed E-state index contributed by atoms with van der Waals surface area (Å²) in [5.41, 5.74) is 7.52. The van der Waals surface area contributed by atoms with Crippen LogP contribution >= 0.6 is 0 Å². The van der Waals surface area contributed by atoms with Crippen LogP contribution in [0, 0.1) is 17.5 Å². The average Bonchev–Trinajstić information content (AvgIpc) is 2.72. The molecule has 2 N–H and O–H groups in total. The van der Waals surface area contributed by atoms with Crippen molar-refractivity contribution in [2.75, 3.05) is 0 Å². The van der Waals surface area contributed by atoms with E-state index in [0.29, 0.717) is 12.8 Å². The van der Waals surface area contributed by atoms with Crippen LogP contribution in [0.2, 0.25) is 0 Å². The quantitative estimate of drug-likeness (QED) is 0.894. The summed E-state index contributed by atoms with van der Waals surface area (Å²) in [6, 6.07) is 8.56. The molecular formula is C16H14F3N. The predicted molar refractivity (Wildman–Crippen MR) is 70.6 cm³/mol. The first-order valence-corrected chi connectivity index (χ1v) is 6.50. The molecule has 2 aromatic carbocycles. The highest BCUT2D eigenvalue weighted by molar-refractivity contribution is 5.40. The molecule has 1 nitrogen and oxygen atoms in total. The van der Waals surface area contributed by atoms with Crippen LogP contribution in [0.4, 0.5) is 13.2 Å². The zero-order valence-electron chi connectivity index (χ0n) is 10.8. The molecule has 3 rings (SSSR count). The maximum atomic E-state index is 13.8. The van der Waals surface area contributed by atoms with Gasteiger partial charge in [-0.1, -0.05) is 18.2 Å². The molecule has 1 aliphatic rings. The van der Waals surface area contributed by atoms with E-state index in [-0.39, 0.29) is 17.8 Å². The van der Waals surface area contributed by atoms with Crippen molar-refractivity contribution in [3.63, 3.8) is 0 Å². The molecule has 1 unspecified atom stereocenters. The Morgan fingerprint density at radius 1 is 1.10 bits per heavy atom. The number of benzene rings is 2. The number of hydrogen-bond donors (Lipinski definition) is 1. The van der Waals surface area contributed by atoms with Crippen LogP contribution in [-0.4, -0.2) is 0 Å². The molecule has 104 valence electrons. The third-order valence-electron chi connectivity index (χ3n) is 3.98. The Hall–Kier alpha value is -1.81. The van der Waals surface area contributed by atoms with E-state index in [4.69, 9.17) is 5.73 Å². The van der Waals surface area contributed by atoms with Crippen molar-refractivity contribution >= 4 is 0 Å². The van der Waals surface area contributed by atoms with Crippen LogP contribution in [0.1, 0.15) is 23.1 Å². The van der Waals surface area contributed by atoms with Gasteiger partial charge in [-0.2, -0.15) is 0 Å². The van der Waals surface area contributed by atoms with Crippen LogP contribution in [0.3, 0.4) is 0 Å². The standard InChI is InChI=1S/C16H14F3N/c17-12-4-5-13-10(8-12)6-7-16(13,20)9-11-2-1-3-14(18)15(11)19/h1-5,8H,6-7,9,20H2. The molecule has 1 aliphatic carbocycles. The molecule has 2 aromatic rings. The lowest BCUT2D eigenvalue weighted by molar-refractivity contribution is 0.419. The van der Waals surface area contributed by atoms with Crippen molar-refractivity contribution in [2.24, 2.45) is 5.73 Å². The van der Waals surface area contributed by atoms with Gasteiger partial charge in [0.15, 0.2) is 11.6 Å². The fourth-order valence-corrected chi connectivity index (χ4v) is 2.96. The van der Waals surface area contributed by atoms with Crippen LogP contribution < -0.4 is 5.73 Å². The van der Waals surface area contributed by atoms with Crippen molar-refractivity contribution in [2.45, 2.75) is 24.8 Å². The Kier molecular flexibility index (Phi) is 3.05. The van der Waals surface area contributed by atoms with Gasteiger partial charge in [-0.15, -0.1) is 0 Å². The third-order valence-corrected chi connectivity index (χ3v) is 3.98. The Labute approximate surface area is 115 Å². The van der Waals surface area contributed by atoms with Crippen LogP contribution in [0.5, 0.6) is 0 Å². The Bertz CT molecular complexity index is 669. The Morgan fingerprint density at radius 3 is 2.70 bits per heavy atom. The van der Waals surface area contributed by atoms with Gasteiger partial charge in [0.05, 0.1) is 0 Å². The van der Waals surface area contributed by atoms with Gasteiger partial charge in [0.2, 0.25) is 0 Å². The van der Waals surface area contributed by atoms with Gasteiger partial charge < -0.3 is 5.73 Å². The maximum Gasteiger partial charge on any atom is 0.162 e. The zero-order chi connectivity index (χ0) is 14.3. The minimum atomic E-state index is -0.872. The Morgan fingerprint density at radius 2 is 1.90 bits per heavy atom. The molecule has 0 bridgehead atoms. The lowest BCUT2D eigenvalue weighted by atomic mass is 9.86. The first-order valence-electron chi connectivity index (χ1n) is 6.50. The molecule has 1 atom stereocenters. The number of fused-ring (bicyclic) bond motifs is 1. The van der Waals surface area contributed by atoms with E-state index in [1.165, 1.54) is 24.3 Å². The average molecular weight is 277 g/mol. The number of rotatable bonds is 2. The Balaban J connectivity index is 1.98. The van der Waals surface area contributed by atoms with Gasteiger partial charge in [-0.05, 0) is 54.2 Å². The highest BCUT2D eigenvalue weighted by atomic mass is 19.2. The molecule has 20 heavy (non-hydrogen) atoms. The summed E-state index contributed by atoms with van der Waals surface area (Å²) in [4.78, 5) is 0. The van der Waals surface area contributed by atoms with Gasteiger partial charge in [0.25, 0.3) is 0 Å². The molecule has 4 heteroatoms. The molecule has 0 saturated heterocycles. The van der Waals surface area contributed by atoms with E-state index in [9.17, 15) is 13.2 Å². The highest BCUT2D eigenvalue weighted by Crippen LogP contribution is 2.38. The van der Waals surface area contributed by atoms with Crippen LogP contribution in [0.15, 0.2) is 36.4 Å². The zero-order valence-corrected chi connectivity index (χ0v) is 10.8. The van der Waals surface area contributed by atoms with Crippen LogP contribution in [0.25, 0.3) is 0 Å². The van der Waals surface area contributed by atoms with Crippen molar-refractivity contribution in [1.82, 2.24) is 0 Å².